The molecular formula is C17H24FN3O8. The van der Waals surface area contributed by atoms with Gasteiger partial charge in [0.05, 0.1) is 24.5 Å². The number of ether oxygens (including phenoxy) is 2. The van der Waals surface area contributed by atoms with Crippen molar-refractivity contribution in [1.29, 1.82) is 0 Å². The van der Waals surface area contributed by atoms with Gasteiger partial charge in [-0.05, 0) is 18.2 Å². The number of morpholine rings is 1. The van der Waals surface area contributed by atoms with Crippen molar-refractivity contribution in [2.24, 2.45) is 0 Å². The Hall–Kier alpha value is -2.51. The first-order valence-electron chi connectivity index (χ1n) is 8.89. The number of nitrogens with zero attached hydrogens (tertiary/aromatic N) is 2. The number of cyclic esters (lactones) is 1. The molecule has 1 unspecified atom stereocenters. The molecule has 29 heavy (non-hydrogen) atoms. The molecule has 0 bridgehead atoms. The molecule has 1 aromatic carbocycles. The summed E-state index contributed by atoms with van der Waals surface area (Å²) < 4.78 is 23.9. The molecule has 0 spiro atoms. The first-order chi connectivity index (χ1) is 13.6. The SMILES string of the molecule is CC.O=CNCC1CN(c2ccc(N3CC(O)(O)OC(O)(O)C3)c(F)c2)C(=O)O1. The predicted octanol–water partition coefficient (Wildman–Crippen LogP) is -0.963. The number of halogens is 1. The summed E-state index contributed by atoms with van der Waals surface area (Å²) in [7, 11) is 0. The molecule has 12 heteroatoms. The van der Waals surface area contributed by atoms with E-state index in [0.29, 0.717) is 6.41 Å². The van der Waals surface area contributed by atoms with Crippen LogP contribution in [0.3, 0.4) is 0 Å². The topological polar surface area (TPSA) is 152 Å². The van der Waals surface area contributed by atoms with E-state index in [1.807, 2.05) is 13.8 Å². The summed E-state index contributed by atoms with van der Waals surface area (Å²) in [5.74, 6) is -6.64. The molecule has 0 radical (unpaired) electrons. The number of hydrogen-bond donors (Lipinski definition) is 5. The summed E-state index contributed by atoms with van der Waals surface area (Å²) in [5.41, 5.74) is 0.0235. The minimum absolute atomic E-state index is 0.1000. The molecule has 2 heterocycles. The normalized spacial score (nSPS) is 22.4. The fourth-order valence-electron chi connectivity index (χ4n) is 2.99. The van der Waals surface area contributed by atoms with Crippen LogP contribution in [0, 0.1) is 5.82 Å². The van der Waals surface area contributed by atoms with E-state index in [0.717, 1.165) is 11.0 Å². The lowest BCUT2D eigenvalue weighted by Crippen LogP contribution is -2.62. The van der Waals surface area contributed by atoms with Crippen molar-refractivity contribution < 1.29 is 43.9 Å². The van der Waals surface area contributed by atoms with Gasteiger partial charge >= 0.3 is 18.0 Å². The molecule has 2 aliphatic heterocycles. The molecule has 11 nitrogen and oxygen atoms in total. The van der Waals surface area contributed by atoms with Gasteiger partial charge in [0, 0.05) is 0 Å². The molecule has 2 saturated heterocycles. The number of amides is 2. The van der Waals surface area contributed by atoms with E-state index in [-0.39, 0.29) is 24.5 Å². The van der Waals surface area contributed by atoms with Crippen LogP contribution in [-0.4, -0.2) is 77.2 Å². The van der Waals surface area contributed by atoms with Crippen LogP contribution in [0.25, 0.3) is 0 Å². The number of rotatable bonds is 5. The van der Waals surface area contributed by atoms with E-state index in [1.165, 1.54) is 17.0 Å². The lowest BCUT2D eigenvalue weighted by molar-refractivity contribution is -0.474. The zero-order chi connectivity index (χ0) is 21.8. The molecular weight excluding hydrogens is 393 g/mol. The highest BCUT2D eigenvalue weighted by molar-refractivity contribution is 5.90. The highest BCUT2D eigenvalue weighted by Gasteiger charge is 2.46. The summed E-state index contributed by atoms with van der Waals surface area (Å²) >= 11 is 0. The van der Waals surface area contributed by atoms with E-state index < -0.39 is 43.1 Å². The second-order valence-electron chi connectivity index (χ2n) is 6.22. The number of carbonyl (C=O) groups is 2. The summed E-state index contributed by atoms with van der Waals surface area (Å²) in [6.07, 6.45) is -0.822. The molecule has 162 valence electrons. The number of benzene rings is 1. The van der Waals surface area contributed by atoms with E-state index in [1.54, 1.807) is 0 Å². The minimum atomic E-state index is -2.90. The van der Waals surface area contributed by atoms with Crippen LogP contribution in [0.4, 0.5) is 20.6 Å². The van der Waals surface area contributed by atoms with E-state index in [4.69, 9.17) is 4.74 Å². The quantitative estimate of drug-likeness (QED) is 0.301. The van der Waals surface area contributed by atoms with Gasteiger partial charge in [-0.1, -0.05) is 13.8 Å². The van der Waals surface area contributed by atoms with Crippen molar-refractivity contribution in [3.05, 3.63) is 24.0 Å². The molecule has 0 aliphatic carbocycles. The molecule has 2 fully saturated rings. The average molecular weight is 417 g/mol. The van der Waals surface area contributed by atoms with Gasteiger partial charge in [0.15, 0.2) is 0 Å². The van der Waals surface area contributed by atoms with Gasteiger partial charge in [-0.25, -0.2) is 9.18 Å². The standard InChI is InChI=1S/C15H18FN3O8.C2H6/c16-11-3-9(19-5-10(4-17-8-20)26-13(19)21)1-2-12(11)18-6-14(22,23)27-15(24,25)7-18;1-2/h1-3,8,10,22-25H,4-7H2,(H,17,20);1-2H3. The molecule has 2 amide bonds. The van der Waals surface area contributed by atoms with Crippen molar-refractivity contribution in [3.8, 4) is 0 Å². The van der Waals surface area contributed by atoms with E-state index in [2.05, 4.69) is 10.1 Å². The monoisotopic (exact) mass is 417 g/mol. The summed E-state index contributed by atoms with van der Waals surface area (Å²) in [4.78, 5) is 24.4. The van der Waals surface area contributed by atoms with Crippen LogP contribution in [0.5, 0.6) is 0 Å². The van der Waals surface area contributed by atoms with E-state index in [9.17, 15) is 34.4 Å². The zero-order valence-electron chi connectivity index (χ0n) is 15.9. The smallest absolute Gasteiger partial charge is 0.414 e. The van der Waals surface area contributed by atoms with Crippen LogP contribution >= 0.6 is 0 Å². The number of hydrogen-bond acceptors (Lipinski definition) is 9. The molecule has 2 aliphatic rings. The Labute approximate surface area is 165 Å². The fraction of sp³-hybridized carbons (Fsp3) is 0.529. The summed E-state index contributed by atoms with van der Waals surface area (Å²) in [6.45, 7) is 2.93. The van der Waals surface area contributed by atoms with Crippen LogP contribution in [0.1, 0.15) is 13.8 Å². The molecule has 0 saturated carbocycles. The maximum absolute atomic E-state index is 14.6. The Balaban J connectivity index is 0.00000145. The van der Waals surface area contributed by atoms with Gasteiger partial charge in [-0.2, -0.15) is 0 Å². The Kier molecular flexibility index (Phi) is 6.97. The van der Waals surface area contributed by atoms with Crippen LogP contribution in [0.2, 0.25) is 0 Å². The third-order valence-electron chi connectivity index (χ3n) is 4.01. The Morgan fingerprint density at radius 3 is 2.41 bits per heavy atom. The van der Waals surface area contributed by atoms with Crippen LogP contribution in [-0.2, 0) is 14.3 Å². The lowest BCUT2D eigenvalue weighted by Gasteiger charge is -2.42. The highest BCUT2D eigenvalue weighted by atomic mass is 19.1. The molecule has 0 aromatic heterocycles. The highest BCUT2D eigenvalue weighted by Crippen LogP contribution is 2.32. The van der Waals surface area contributed by atoms with Gasteiger partial charge < -0.3 is 35.4 Å². The zero-order valence-corrected chi connectivity index (χ0v) is 15.9. The number of anilines is 2. The van der Waals surface area contributed by atoms with Crippen LogP contribution < -0.4 is 15.1 Å². The summed E-state index contributed by atoms with van der Waals surface area (Å²) in [5, 5.41) is 40.6. The maximum Gasteiger partial charge on any atom is 0.414 e. The van der Waals surface area contributed by atoms with Gasteiger partial charge in [0.2, 0.25) is 6.41 Å². The third-order valence-corrected chi connectivity index (χ3v) is 4.01. The first-order valence-corrected chi connectivity index (χ1v) is 8.89. The number of carbonyl (C=O) groups excluding carboxylic acids is 2. The molecule has 3 rings (SSSR count). The minimum Gasteiger partial charge on any atom is -0.442 e. The van der Waals surface area contributed by atoms with Gasteiger partial charge in [0.1, 0.15) is 25.0 Å². The largest absolute Gasteiger partial charge is 0.442 e. The first kappa shape index (κ1) is 22.8. The number of nitrogens with one attached hydrogen (secondary N) is 1. The maximum atomic E-state index is 14.6. The van der Waals surface area contributed by atoms with Crippen LogP contribution in [0.15, 0.2) is 18.2 Å². The van der Waals surface area contributed by atoms with Crippen molar-refractivity contribution in [1.82, 2.24) is 5.32 Å². The van der Waals surface area contributed by atoms with Gasteiger partial charge in [-0.3, -0.25) is 14.4 Å². The Bertz CT molecular complexity index is 729. The number of aliphatic hydroxyl groups is 4. The third kappa shape index (κ3) is 5.52. The lowest BCUT2D eigenvalue weighted by atomic mass is 10.2. The van der Waals surface area contributed by atoms with Gasteiger partial charge in [-0.15, -0.1) is 0 Å². The van der Waals surface area contributed by atoms with Crippen molar-refractivity contribution >= 4 is 23.9 Å². The second-order valence-corrected chi connectivity index (χ2v) is 6.22. The van der Waals surface area contributed by atoms with E-state index >= 15 is 0 Å². The fourth-order valence-corrected chi connectivity index (χ4v) is 2.99. The van der Waals surface area contributed by atoms with Crippen molar-refractivity contribution in [3.63, 3.8) is 0 Å². The molecule has 1 aromatic rings. The Morgan fingerprint density at radius 1 is 1.24 bits per heavy atom. The Morgan fingerprint density at radius 2 is 1.86 bits per heavy atom. The van der Waals surface area contributed by atoms with Crippen molar-refractivity contribution in [2.45, 2.75) is 31.9 Å². The second kappa shape index (κ2) is 8.88. The average Bonchev–Trinajstić information content (AvgIpc) is 2.99. The van der Waals surface area contributed by atoms with Gasteiger partial charge in [0.25, 0.3) is 0 Å². The molecule has 5 N–H and O–H groups in total. The summed E-state index contributed by atoms with van der Waals surface area (Å²) in [6, 6.07) is 3.65. The van der Waals surface area contributed by atoms with Crippen molar-refractivity contribution in [2.75, 3.05) is 36.0 Å². The number of β-amino-alcohol motifs (C(OH)–C–C–N with tert-alkyl or cyclic N) is 4. The molecule has 1 atom stereocenters. The predicted molar refractivity (Wildman–Crippen MR) is 97.1 cm³/mol.